The second-order valence-corrected chi connectivity index (χ2v) is 4.83. The molecule has 2 rings (SSSR count). The first-order chi connectivity index (χ1) is 7.29. The largest absolute Gasteiger partial charge is 0.295 e. The van der Waals surface area contributed by atoms with E-state index in [4.69, 9.17) is 23.2 Å². The van der Waals surface area contributed by atoms with Gasteiger partial charge in [0, 0.05) is 30.0 Å². The number of nitrogens with zero attached hydrogens (tertiary/aromatic N) is 1. The van der Waals surface area contributed by atoms with Gasteiger partial charge in [-0.15, -0.1) is 11.6 Å². The summed E-state index contributed by atoms with van der Waals surface area (Å²) in [5.74, 6) is 0.712. The average molecular weight is 244 g/mol. The highest BCUT2D eigenvalue weighted by atomic mass is 35.5. The van der Waals surface area contributed by atoms with E-state index < -0.39 is 0 Å². The summed E-state index contributed by atoms with van der Waals surface area (Å²) >= 11 is 11.6. The molecule has 0 amide bonds. The molecule has 0 spiro atoms. The Morgan fingerprint density at radius 2 is 1.87 bits per heavy atom. The van der Waals surface area contributed by atoms with Crippen LogP contribution >= 0.6 is 23.2 Å². The average Bonchev–Trinajstić information content (AvgIpc) is 3.04. The Labute approximate surface area is 101 Å². The van der Waals surface area contributed by atoms with Crippen LogP contribution in [-0.2, 0) is 6.54 Å². The van der Waals surface area contributed by atoms with Gasteiger partial charge in [-0.2, -0.15) is 0 Å². The Morgan fingerprint density at radius 1 is 1.20 bits per heavy atom. The summed E-state index contributed by atoms with van der Waals surface area (Å²) < 4.78 is 0. The van der Waals surface area contributed by atoms with E-state index in [1.54, 1.807) is 0 Å². The third-order valence-corrected chi connectivity index (χ3v) is 3.15. The molecule has 1 saturated carbocycles. The lowest BCUT2D eigenvalue weighted by Gasteiger charge is -2.20. The molecule has 3 heteroatoms. The van der Waals surface area contributed by atoms with Crippen molar-refractivity contribution in [3.05, 3.63) is 34.9 Å². The number of halogens is 2. The minimum atomic E-state index is 0.712. The molecule has 1 aromatic rings. The van der Waals surface area contributed by atoms with Crippen molar-refractivity contribution in [2.45, 2.75) is 25.4 Å². The number of rotatable bonds is 5. The Hall–Kier alpha value is -0.240. The molecule has 0 aromatic heterocycles. The van der Waals surface area contributed by atoms with Crippen LogP contribution in [0.1, 0.15) is 18.4 Å². The SMILES string of the molecule is ClCCN(Cc1ccc(Cl)cc1)C1CC1. The van der Waals surface area contributed by atoms with Gasteiger partial charge in [-0.25, -0.2) is 0 Å². The predicted molar refractivity (Wildman–Crippen MR) is 65.6 cm³/mol. The molecule has 82 valence electrons. The van der Waals surface area contributed by atoms with Gasteiger partial charge in [0.2, 0.25) is 0 Å². The molecule has 0 N–H and O–H groups in total. The van der Waals surface area contributed by atoms with Gasteiger partial charge in [-0.05, 0) is 30.5 Å². The van der Waals surface area contributed by atoms with Gasteiger partial charge in [0.05, 0.1) is 0 Å². The maximum atomic E-state index is 5.85. The smallest absolute Gasteiger partial charge is 0.0406 e. The normalized spacial score (nSPS) is 15.9. The second kappa shape index (κ2) is 5.20. The van der Waals surface area contributed by atoms with E-state index in [1.165, 1.54) is 18.4 Å². The van der Waals surface area contributed by atoms with E-state index in [9.17, 15) is 0 Å². The Balaban J connectivity index is 1.95. The molecular weight excluding hydrogens is 229 g/mol. The molecule has 1 aliphatic carbocycles. The molecule has 1 aliphatic rings. The van der Waals surface area contributed by atoms with Crippen molar-refractivity contribution in [2.75, 3.05) is 12.4 Å². The van der Waals surface area contributed by atoms with Gasteiger partial charge in [-0.1, -0.05) is 23.7 Å². The monoisotopic (exact) mass is 243 g/mol. The highest BCUT2D eigenvalue weighted by Gasteiger charge is 2.28. The van der Waals surface area contributed by atoms with Crippen molar-refractivity contribution in [2.24, 2.45) is 0 Å². The van der Waals surface area contributed by atoms with Crippen LogP contribution in [0.2, 0.25) is 5.02 Å². The molecule has 0 heterocycles. The molecular formula is C12H15Cl2N. The van der Waals surface area contributed by atoms with Crippen molar-refractivity contribution < 1.29 is 0 Å². The maximum absolute atomic E-state index is 5.85. The minimum Gasteiger partial charge on any atom is -0.295 e. The molecule has 0 atom stereocenters. The topological polar surface area (TPSA) is 3.24 Å². The first-order valence-electron chi connectivity index (χ1n) is 5.34. The summed E-state index contributed by atoms with van der Waals surface area (Å²) in [6.07, 6.45) is 2.65. The summed E-state index contributed by atoms with van der Waals surface area (Å²) in [5.41, 5.74) is 1.32. The summed E-state index contributed by atoms with van der Waals surface area (Å²) in [7, 11) is 0. The Kier molecular flexibility index (Phi) is 3.90. The fourth-order valence-corrected chi connectivity index (χ4v) is 2.11. The van der Waals surface area contributed by atoms with E-state index in [1.807, 2.05) is 12.1 Å². The van der Waals surface area contributed by atoms with Crippen LogP contribution in [0.25, 0.3) is 0 Å². The van der Waals surface area contributed by atoms with E-state index in [-0.39, 0.29) is 0 Å². The summed E-state index contributed by atoms with van der Waals surface area (Å²) in [6, 6.07) is 8.84. The lowest BCUT2D eigenvalue weighted by molar-refractivity contribution is 0.271. The van der Waals surface area contributed by atoms with Crippen LogP contribution in [0.5, 0.6) is 0 Å². The molecule has 0 bridgehead atoms. The fraction of sp³-hybridized carbons (Fsp3) is 0.500. The third kappa shape index (κ3) is 3.37. The van der Waals surface area contributed by atoms with Gasteiger partial charge < -0.3 is 0 Å². The van der Waals surface area contributed by atoms with Crippen molar-refractivity contribution in [1.82, 2.24) is 4.90 Å². The van der Waals surface area contributed by atoms with Crippen molar-refractivity contribution in [1.29, 1.82) is 0 Å². The molecule has 1 nitrogen and oxygen atoms in total. The lowest BCUT2D eigenvalue weighted by Crippen LogP contribution is -2.27. The molecule has 0 aliphatic heterocycles. The van der Waals surface area contributed by atoms with Crippen LogP contribution in [0.15, 0.2) is 24.3 Å². The van der Waals surface area contributed by atoms with Crippen LogP contribution < -0.4 is 0 Å². The van der Waals surface area contributed by atoms with Crippen LogP contribution in [-0.4, -0.2) is 23.4 Å². The van der Waals surface area contributed by atoms with Crippen LogP contribution in [0, 0.1) is 0 Å². The highest BCUT2D eigenvalue weighted by Crippen LogP contribution is 2.28. The van der Waals surface area contributed by atoms with Gasteiger partial charge in [0.25, 0.3) is 0 Å². The van der Waals surface area contributed by atoms with Crippen molar-refractivity contribution in [3.8, 4) is 0 Å². The number of benzene rings is 1. The van der Waals surface area contributed by atoms with Gasteiger partial charge >= 0.3 is 0 Å². The number of hydrogen-bond acceptors (Lipinski definition) is 1. The van der Waals surface area contributed by atoms with Gasteiger partial charge in [0.1, 0.15) is 0 Å². The summed E-state index contributed by atoms with van der Waals surface area (Å²) in [5, 5.41) is 0.800. The lowest BCUT2D eigenvalue weighted by atomic mass is 10.2. The van der Waals surface area contributed by atoms with Crippen LogP contribution in [0.3, 0.4) is 0 Å². The molecule has 0 saturated heterocycles. The first-order valence-corrected chi connectivity index (χ1v) is 6.25. The van der Waals surface area contributed by atoms with Crippen molar-refractivity contribution in [3.63, 3.8) is 0 Å². The zero-order valence-corrected chi connectivity index (χ0v) is 10.1. The molecule has 0 radical (unpaired) electrons. The van der Waals surface area contributed by atoms with Gasteiger partial charge in [0.15, 0.2) is 0 Å². The Bertz CT molecular complexity index is 306. The summed E-state index contributed by atoms with van der Waals surface area (Å²) in [4.78, 5) is 2.45. The minimum absolute atomic E-state index is 0.712. The first kappa shape index (κ1) is 11.3. The van der Waals surface area contributed by atoms with Gasteiger partial charge in [-0.3, -0.25) is 4.90 Å². The standard InChI is InChI=1S/C12H15Cl2N/c13-7-8-15(12-5-6-12)9-10-1-3-11(14)4-2-10/h1-4,12H,5-9H2. The molecule has 1 fully saturated rings. The zero-order chi connectivity index (χ0) is 10.7. The Morgan fingerprint density at radius 3 is 2.40 bits per heavy atom. The number of hydrogen-bond donors (Lipinski definition) is 0. The zero-order valence-electron chi connectivity index (χ0n) is 8.63. The summed E-state index contributed by atoms with van der Waals surface area (Å²) in [6.45, 7) is 1.98. The van der Waals surface area contributed by atoms with E-state index >= 15 is 0 Å². The molecule has 1 aromatic carbocycles. The third-order valence-electron chi connectivity index (χ3n) is 2.73. The second-order valence-electron chi connectivity index (χ2n) is 4.02. The van der Waals surface area contributed by atoms with E-state index in [2.05, 4.69) is 17.0 Å². The fourth-order valence-electron chi connectivity index (χ4n) is 1.76. The number of alkyl halides is 1. The van der Waals surface area contributed by atoms with Crippen LogP contribution in [0.4, 0.5) is 0 Å². The van der Waals surface area contributed by atoms with E-state index in [0.29, 0.717) is 5.88 Å². The quantitative estimate of drug-likeness (QED) is 0.716. The molecule has 0 unspecified atom stereocenters. The van der Waals surface area contributed by atoms with E-state index in [0.717, 1.165) is 24.2 Å². The maximum Gasteiger partial charge on any atom is 0.0406 e. The molecule has 15 heavy (non-hydrogen) atoms. The van der Waals surface area contributed by atoms with Crippen molar-refractivity contribution >= 4 is 23.2 Å². The predicted octanol–water partition coefficient (Wildman–Crippen LogP) is 3.54. The highest BCUT2D eigenvalue weighted by molar-refractivity contribution is 6.30.